The minimum Gasteiger partial charge on any atom is -0.310 e. The van der Waals surface area contributed by atoms with Crippen LogP contribution in [0.5, 0.6) is 0 Å². The van der Waals surface area contributed by atoms with Gasteiger partial charge in [0.25, 0.3) is 0 Å². The molecule has 0 amide bonds. The van der Waals surface area contributed by atoms with E-state index in [-0.39, 0.29) is 6.04 Å². The van der Waals surface area contributed by atoms with E-state index in [9.17, 15) is 0 Å². The van der Waals surface area contributed by atoms with Crippen LogP contribution >= 0.6 is 34.8 Å². The molecule has 1 unspecified atom stereocenters. The quantitative estimate of drug-likeness (QED) is 0.891. The number of nitrogens with one attached hydrogen (secondary N) is 1. The van der Waals surface area contributed by atoms with Gasteiger partial charge in [0, 0.05) is 0 Å². The maximum atomic E-state index is 6.04. The Morgan fingerprint density at radius 3 is 2.85 bits per heavy atom. The number of amidine groups is 1. The van der Waals surface area contributed by atoms with Crippen LogP contribution in [0.25, 0.3) is 0 Å². The molecule has 0 aromatic heterocycles. The molecule has 8 heteroatoms. The van der Waals surface area contributed by atoms with Crippen LogP contribution in [0.1, 0.15) is 5.56 Å². The zero-order chi connectivity index (χ0) is 14.1. The van der Waals surface area contributed by atoms with E-state index in [1.165, 1.54) is 6.34 Å². The summed E-state index contributed by atoms with van der Waals surface area (Å²) in [6.07, 6.45) is 1.45. The van der Waals surface area contributed by atoms with Crippen LogP contribution in [0.4, 0.5) is 0 Å². The van der Waals surface area contributed by atoms with Crippen LogP contribution in [0.2, 0.25) is 10.0 Å². The molecule has 1 atom stereocenters. The Bertz CT molecular complexity index is 678. The number of halogens is 3. The van der Waals surface area contributed by atoms with Gasteiger partial charge in [-0.05, 0) is 17.7 Å². The Kier molecular flexibility index (Phi) is 3.74. The Labute approximate surface area is 130 Å². The average Bonchev–Trinajstić information content (AvgIpc) is 2.89. The average molecular weight is 329 g/mol. The lowest BCUT2D eigenvalue weighted by Crippen LogP contribution is -2.43. The maximum absolute atomic E-state index is 6.04. The fourth-order valence-corrected chi connectivity index (χ4v) is 2.32. The summed E-state index contributed by atoms with van der Waals surface area (Å²) in [5.74, 6) is 1.04. The molecule has 0 saturated carbocycles. The third-order valence-electron chi connectivity index (χ3n) is 2.75. The van der Waals surface area contributed by atoms with Crippen molar-refractivity contribution in [3.8, 4) is 0 Å². The molecule has 2 aliphatic rings. The summed E-state index contributed by atoms with van der Waals surface area (Å²) in [7, 11) is 0. The van der Waals surface area contributed by atoms with Crippen LogP contribution in [-0.4, -0.2) is 29.3 Å². The number of rotatable bonds is 2. The molecule has 0 bridgehead atoms. The normalized spacial score (nSPS) is 22.4. The first-order chi connectivity index (χ1) is 9.63. The van der Waals surface area contributed by atoms with E-state index in [1.807, 2.05) is 6.07 Å². The van der Waals surface area contributed by atoms with Crippen molar-refractivity contribution < 1.29 is 0 Å². The SMILES string of the molecule is ClC1=NC(=NCc2ccc(Cl)c(Cl)c2)NC2=NC=NC12. The molecule has 2 heterocycles. The van der Waals surface area contributed by atoms with Gasteiger partial charge < -0.3 is 5.32 Å². The molecule has 20 heavy (non-hydrogen) atoms. The van der Waals surface area contributed by atoms with E-state index in [2.05, 4.69) is 25.3 Å². The number of fused-ring (bicyclic) bond motifs is 1. The van der Waals surface area contributed by atoms with E-state index in [0.717, 1.165) is 5.56 Å². The molecule has 102 valence electrons. The van der Waals surface area contributed by atoms with Gasteiger partial charge in [-0.1, -0.05) is 40.9 Å². The van der Waals surface area contributed by atoms with Crippen molar-refractivity contribution in [1.82, 2.24) is 5.32 Å². The Morgan fingerprint density at radius 1 is 1.20 bits per heavy atom. The van der Waals surface area contributed by atoms with Gasteiger partial charge in [0.05, 0.1) is 16.6 Å². The van der Waals surface area contributed by atoms with Crippen molar-refractivity contribution in [1.29, 1.82) is 0 Å². The Balaban J connectivity index is 1.78. The topological polar surface area (TPSA) is 61.5 Å². The van der Waals surface area contributed by atoms with Crippen molar-refractivity contribution >= 4 is 58.1 Å². The summed E-state index contributed by atoms with van der Waals surface area (Å²) in [6.45, 7) is 0.408. The van der Waals surface area contributed by atoms with Gasteiger partial charge in [-0.25, -0.2) is 15.0 Å². The molecule has 0 aliphatic carbocycles. The smallest absolute Gasteiger partial charge is 0.225 e. The fraction of sp³-hybridized carbons (Fsp3) is 0.167. The van der Waals surface area contributed by atoms with Crippen LogP contribution in [-0.2, 0) is 6.54 Å². The second-order valence-corrected chi connectivity index (χ2v) is 5.33. The molecule has 0 spiro atoms. The van der Waals surface area contributed by atoms with Crippen LogP contribution < -0.4 is 5.32 Å². The van der Waals surface area contributed by atoms with Gasteiger partial charge in [-0.2, -0.15) is 0 Å². The standard InChI is InChI=1S/C12H8Cl3N5/c13-7-2-1-6(3-8(7)14)4-16-12-19-10(15)9-11(20-12)18-5-17-9/h1-3,5,9H,4H2,(H,16,17,18,20). The van der Waals surface area contributed by atoms with Gasteiger partial charge in [-0.3, -0.25) is 4.99 Å². The predicted molar refractivity (Wildman–Crippen MR) is 83.7 cm³/mol. The monoisotopic (exact) mass is 327 g/mol. The van der Waals surface area contributed by atoms with E-state index >= 15 is 0 Å². The highest BCUT2D eigenvalue weighted by molar-refractivity contribution is 6.70. The number of nitrogens with zero attached hydrogens (tertiary/aromatic N) is 4. The third kappa shape index (κ3) is 2.70. The first-order valence-electron chi connectivity index (χ1n) is 5.72. The Hall–Kier alpha value is -1.43. The number of hydrogen-bond acceptors (Lipinski definition) is 3. The molecule has 1 aromatic rings. The van der Waals surface area contributed by atoms with E-state index in [4.69, 9.17) is 34.8 Å². The summed E-state index contributed by atoms with van der Waals surface area (Å²) in [4.78, 5) is 16.6. The molecule has 3 rings (SSSR count). The van der Waals surface area contributed by atoms with Gasteiger partial charge in [0.15, 0.2) is 6.04 Å². The van der Waals surface area contributed by atoms with Crippen LogP contribution in [0.15, 0.2) is 38.2 Å². The molecule has 5 nitrogen and oxygen atoms in total. The summed E-state index contributed by atoms with van der Waals surface area (Å²) in [5, 5.41) is 4.35. The van der Waals surface area contributed by atoms with Crippen molar-refractivity contribution in [3.63, 3.8) is 0 Å². The number of guanidine groups is 1. The summed E-state index contributed by atoms with van der Waals surface area (Å²) in [6, 6.07) is 5.03. The highest BCUT2D eigenvalue weighted by Crippen LogP contribution is 2.23. The molecular formula is C12H8Cl3N5. The first-order valence-corrected chi connectivity index (χ1v) is 6.86. The van der Waals surface area contributed by atoms with Gasteiger partial charge in [0.2, 0.25) is 5.96 Å². The summed E-state index contributed by atoms with van der Waals surface area (Å²) >= 11 is 17.8. The first kappa shape index (κ1) is 13.5. The lowest BCUT2D eigenvalue weighted by atomic mass is 10.2. The van der Waals surface area contributed by atoms with Gasteiger partial charge >= 0.3 is 0 Å². The molecule has 1 N–H and O–H groups in total. The van der Waals surface area contributed by atoms with Crippen molar-refractivity contribution in [2.75, 3.05) is 0 Å². The summed E-state index contributed by atoms with van der Waals surface area (Å²) < 4.78 is 0. The largest absolute Gasteiger partial charge is 0.310 e. The molecule has 0 radical (unpaired) electrons. The lowest BCUT2D eigenvalue weighted by molar-refractivity contribution is 1.01. The van der Waals surface area contributed by atoms with Crippen LogP contribution in [0.3, 0.4) is 0 Å². The number of benzene rings is 1. The molecular weight excluding hydrogens is 321 g/mol. The third-order valence-corrected chi connectivity index (χ3v) is 3.78. The van der Waals surface area contributed by atoms with Crippen molar-refractivity contribution in [2.45, 2.75) is 12.6 Å². The molecule has 0 saturated heterocycles. The number of hydrogen-bond donors (Lipinski definition) is 1. The summed E-state index contributed by atoms with van der Waals surface area (Å²) in [5.41, 5.74) is 0.923. The van der Waals surface area contributed by atoms with E-state index in [1.54, 1.807) is 12.1 Å². The fourth-order valence-electron chi connectivity index (χ4n) is 1.76. The highest BCUT2D eigenvalue weighted by Gasteiger charge is 2.28. The second-order valence-electron chi connectivity index (χ2n) is 4.13. The molecule has 0 fully saturated rings. The van der Waals surface area contributed by atoms with Crippen molar-refractivity contribution in [2.24, 2.45) is 20.0 Å². The minimum absolute atomic E-state index is 0.319. The zero-order valence-electron chi connectivity index (χ0n) is 10.0. The second kappa shape index (κ2) is 5.52. The lowest BCUT2D eigenvalue weighted by Gasteiger charge is -2.17. The predicted octanol–water partition coefficient (Wildman–Crippen LogP) is 2.90. The zero-order valence-corrected chi connectivity index (χ0v) is 12.3. The minimum atomic E-state index is -0.319. The molecule has 2 aliphatic heterocycles. The number of aliphatic imine (C=N–C) groups is 4. The highest BCUT2D eigenvalue weighted by atomic mass is 35.5. The van der Waals surface area contributed by atoms with Crippen LogP contribution in [0, 0.1) is 0 Å². The van der Waals surface area contributed by atoms with E-state index < -0.39 is 0 Å². The molecule has 1 aromatic carbocycles. The maximum Gasteiger partial charge on any atom is 0.225 e. The van der Waals surface area contributed by atoms with Crippen molar-refractivity contribution in [3.05, 3.63) is 33.8 Å². The van der Waals surface area contributed by atoms with Gasteiger partial charge in [0.1, 0.15) is 17.3 Å². The van der Waals surface area contributed by atoms with E-state index in [0.29, 0.717) is 33.6 Å². The Morgan fingerprint density at radius 2 is 2.05 bits per heavy atom. The van der Waals surface area contributed by atoms with Gasteiger partial charge in [-0.15, -0.1) is 0 Å².